The summed E-state index contributed by atoms with van der Waals surface area (Å²) in [5.41, 5.74) is 1.96. The van der Waals surface area contributed by atoms with Crippen LogP contribution in [0.2, 0.25) is 5.02 Å². The highest BCUT2D eigenvalue weighted by Crippen LogP contribution is 2.20. The number of rotatable bonds is 8. The molecule has 0 bridgehead atoms. The van der Waals surface area contributed by atoms with E-state index < -0.39 is 0 Å². The van der Waals surface area contributed by atoms with E-state index in [1.54, 1.807) is 7.11 Å². The zero-order valence-corrected chi connectivity index (χ0v) is 15.7. The first-order valence-electron chi connectivity index (χ1n) is 8.40. The lowest BCUT2D eigenvalue weighted by Crippen LogP contribution is -2.33. The monoisotopic (exact) mass is 374 g/mol. The van der Waals surface area contributed by atoms with Crippen LogP contribution in [0, 0.1) is 0 Å². The zero-order valence-electron chi connectivity index (χ0n) is 14.9. The van der Waals surface area contributed by atoms with Crippen molar-refractivity contribution in [3.63, 3.8) is 0 Å². The van der Waals surface area contributed by atoms with Gasteiger partial charge >= 0.3 is 0 Å². The van der Waals surface area contributed by atoms with E-state index in [4.69, 9.17) is 16.3 Å². The summed E-state index contributed by atoms with van der Waals surface area (Å²) in [7, 11) is 1.59. The topological polar surface area (TPSA) is 67.4 Å². The molecule has 0 heterocycles. The fourth-order valence-corrected chi connectivity index (χ4v) is 2.71. The Labute approximate surface area is 158 Å². The van der Waals surface area contributed by atoms with Crippen molar-refractivity contribution < 1.29 is 14.3 Å². The number of hydrogen-bond donors (Lipinski definition) is 2. The first-order valence-corrected chi connectivity index (χ1v) is 8.78. The number of methoxy groups -OCH3 is 1. The highest BCUT2D eigenvalue weighted by Gasteiger charge is 2.17. The van der Waals surface area contributed by atoms with Gasteiger partial charge in [0.2, 0.25) is 11.8 Å². The lowest BCUT2D eigenvalue weighted by atomic mass is 10.0. The Hall–Kier alpha value is -2.53. The molecular weight excluding hydrogens is 352 g/mol. The molecule has 2 aromatic carbocycles. The molecule has 2 aromatic rings. The standard InChI is InChI=1S/C20H23ClN2O3/c1-14(24)23-19(16-5-9-18(26-2)10-6-16)13-20(25)22-12-11-15-3-7-17(21)8-4-15/h3-10,19H,11-13H2,1-2H3,(H,22,25)(H,23,24). The Balaban J connectivity index is 1.90. The van der Waals surface area contributed by atoms with Gasteiger partial charge in [-0.1, -0.05) is 35.9 Å². The van der Waals surface area contributed by atoms with Gasteiger partial charge in [0.05, 0.1) is 19.6 Å². The van der Waals surface area contributed by atoms with Gasteiger partial charge in [-0.3, -0.25) is 9.59 Å². The van der Waals surface area contributed by atoms with E-state index in [0.717, 1.165) is 23.3 Å². The predicted molar refractivity (Wildman–Crippen MR) is 102 cm³/mol. The molecule has 0 radical (unpaired) electrons. The van der Waals surface area contributed by atoms with Crippen LogP contribution in [-0.2, 0) is 16.0 Å². The van der Waals surface area contributed by atoms with Crippen LogP contribution in [0.25, 0.3) is 0 Å². The van der Waals surface area contributed by atoms with Gasteiger partial charge < -0.3 is 15.4 Å². The molecule has 26 heavy (non-hydrogen) atoms. The van der Waals surface area contributed by atoms with Gasteiger partial charge in [-0.15, -0.1) is 0 Å². The first kappa shape index (κ1) is 19.8. The normalized spacial score (nSPS) is 11.5. The van der Waals surface area contributed by atoms with E-state index >= 15 is 0 Å². The molecular formula is C20H23ClN2O3. The minimum Gasteiger partial charge on any atom is -0.497 e. The summed E-state index contributed by atoms with van der Waals surface area (Å²) < 4.78 is 5.14. The zero-order chi connectivity index (χ0) is 18.9. The Morgan fingerprint density at radius 2 is 1.73 bits per heavy atom. The van der Waals surface area contributed by atoms with Gasteiger partial charge in [0.15, 0.2) is 0 Å². The molecule has 0 saturated carbocycles. The van der Waals surface area contributed by atoms with E-state index in [1.165, 1.54) is 6.92 Å². The molecule has 5 nitrogen and oxygen atoms in total. The van der Waals surface area contributed by atoms with E-state index in [9.17, 15) is 9.59 Å². The molecule has 0 saturated heterocycles. The van der Waals surface area contributed by atoms with Crippen LogP contribution in [0.5, 0.6) is 5.75 Å². The molecule has 1 atom stereocenters. The molecule has 6 heteroatoms. The van der Waals surface area contributed by atoms with E-state index in [-0.39, 0.29) is 24.3 Å². The summed E-state index contributed by atoms with van der Waals surface area (Å²) in [4.78, 5) is 23.7. The highest BCUT2D eigenvalue weighted by atomic mass is 35.5. The molecule has 0 aliphatic heterocycles. The van der Waals surface area contributed by atoms with Gasteiger partial charge in [0, 0.05) is 18.5 Å². The number of ether oxygens (including phenoxy) is 1. The summed E-state index contributed by atoms with van der Waals surface area (Å²) in [6, 6.07) is 14.5. The summed E-state index contributed by atoms with van der Waals surface area (Å²) in [5, 5.41) is 6.41. The summed E-state index contributed by atoms with van der Waals surface area (Å²) in [6.45, 7) is 1.96. The van der Waals surface area contributed by atoms with Crippen LogP contribution in [0.1, 0.15) is 30.5 Å². The number of carbonyl (C=O) groups is 2. The second kappa shape index (κ2) is 9.82. The van der Waals surface area contributed by atoms with Gasteiger partial charge in [0.1, 0.15) is 5.75 Å². The van der Waals surface area contributed by atoms with E-state index in [0.29, 0.717) is 11.6 Å². The third kappa shape index (κ3) is 6.41. The second-order valence-electron chi connectivity index (χ2n) is 5.96. The van der Waals surface area contributed by atoms with Crippen LogP contribution in [0.4, 0.5) is 0 Å². The Bertz CT molecular complexity index is 730. The third-order valence-corrected chi connectivity index (χ3v) is 4.19. The highest BCUT2D eigenvalue weighted by molar-refractivity contribution is 6.30. The fourth-order valence-electron chi connectivity index (χ4n) is 2.59. The molecule has 2 rings (SSSR count). The first-order chi connectivity index (χ1) is 12.5. The molecule has 138 valence electrons. The van der Waals surface area contributed by atoms with Crippen molar-refractivity contribution >= 4 is 23.4 Å². The van der Waals surface area contributed by atoms with Gasteiger partial charge in [-0.2, -0.15) is 0 Å². The van der Waals surface area contributed by atoms with Crippen LogP contribution >= 0.6 is 11.6 Å². The van der Waals surface area contributed by atoms with Crippen LogP contribution < -0.4 is 15.4 Å². The predicted octanol–water partition coefficient (Wildman–Crippen LogP) is 3.27. The maximum absolute atomic E-state index is 12.3. The van der Waals surface area contributed by atoms with E-state index in [2.05, 4.69) is 10.6 Å². The maximum atomic E-state index is 12.3. The molecule has 2 N–H and O–H groups in total. The van der Waals surface area contributed by atoms with Crippen LogP contribution in [-0.4, -0.2) is 25.5 Å². The van der Waals surface area contributed by atoms with Crippen molar-refractivity contribution in [2.24, 2.45) is 0 Å². The number of halogens is 1. The van der Waals surface area contributed by atoms with Gasteiger partial charge in [-0.05, 0) is 41.8 Å². The SMILES string of the molecule is COc1ccc(C(CC(=O)NCCc2ccc(Cl)cc2)NC(C)=O)cc1. The summed E-state index contributed by atoms with van der Waals surface area (Å²) in [5.74, 6) is 0.427. The number of hydrogen-bond acceptors (Lipinski definition) is 3. The quantitative estimate of drug-likeness (QED) is 0.745. The molecule has 0 aromatic heterocycles. The summed E-state index contributed by atoms with van der Waals surface area (Å²) in [6.07, 6.45) is 0.892. The van der Waals surface area contributed by atoms with Crippen molar-refractivity contribution in [2.75, 3.05) is 13.7 Å². The minimum absolute atomic E-state index is 0.117. The molecule has 0 fully saturated rings. The van der Waals surface area contributed by atoms with Crippen molar-refractivity contribution in [3.05, 3.63) is 64.7 Å². The lowest BCUT2D eigenvalue weighted by molar-refractivity contribution is -0.122. The third-order valence-electron chi connectivity index (χ3n) is 3.93. The van der Waals surface area contributed by atoms with Crippen LogP contribution in [0.15, 0.2) is 48.5 Å². The lowest BCUT2D eigenvalue weighted by Gasteiger charge is -2.18. The van der Waals surface area contributed by atoms with Crippen molar-refractivity contribution in [1.29, 1.82) is 0 Å². The van der Waals surface area contributed by atoms with E-state index in [1.807, 2.05) is 48.5 Å². The summed E-state index contributed by atoms with van der Waals surface area (Å²) >= 11 is 5.86. The Morgan fingerprint density at radius 3 is 2.31 bits per heavy atom. The largest absolute Gasteiger partial charge is 0.497 e. The smallest absolute Gasteiger partial charge is 0.222 e. The number of amides is 2. The fraction of sp³-hybridized carbons (Fsp3) is 0.300. The molecule has 2 amide bonds. The van der Waals surface area contributed by atoms with Gasteiger partial charge in [0.25, 0.3) is 0 Å². The average molecular weight is 375 g/mol. The molecule has 0 aliphatic carbocycles. The van der Waals surface area contributed by atoms with Crippen molar-refractivity contribution in [3.8, 4) is 5.75 Å². The minimum atomic E-state index is -0.381. The maximum Gasteiger partial charge on any atom is 0.222 e. The molecule has 0 aliphatic rings. The number of benzene rings is 2. The molecule has 0 spiro atoms. The number of carbonyl (C=O) groups excluding carboxylic acids is 2. The average Bonchev–Trinajstić information content (AvgIpc) is 2.62. The van der Waals surface area contributed by atoms with Crippen LogP contribution in [0.3, 0.4) is 0 Å². The van der Waals surface area contributed by atoms with Crippen molar-refractivity contribution in [1.82, 2.24) is 10.6 Å². The Morgan fingerprint density at radius 1 is 1.08 bits per heavy atom. The Kier molecular flexibility index (Phi) is 7.48. The number of nitrogens with one attached hydrogen (secondary N) is 2. The molecule has 1 unspecified atom stereocenters. The second-order valence-corrected chi connectivity index (χ2v) is 6.39. The van der Waals surface area contributed by atoms with Gasteiger partial charge in [-0.25, -0.2) is 0 Å². The van der Waals surface area contributed by atoms with Crippen molar-refractivity contribution in [2.45, 2.75) is 25.8 Å².